The van der Waals surface area contributed by atoms with Gasteiger partial charge in [0.15, 0.2) is 0 Å². The SMILES string of the molecule is Cn1ncc2c(Oc3ccc(I)cc3)ccc(Cl)c21. The van der Waals surface area contributed by atoms with Crippen LogP contribution in [0, 0.1) is 3.57 Å². The van der Waals surface area contributed by atoms with Crippen LogP contribution in [0.2, 0.25) is 5.02 Å². The summed E-state index contributed by atoms with van der Waals surface area (Å²) < 4.78 is 8.82. The fraction of sp³-hybridized carbons (Fsp3) is 0.0714. The summed E-state index contributed by atoms with van der Waals surface area (Å²) in [6.45, 7) is 0. The lowest BCUT2D eigenvalue weighted by Gasteiger charge is -2.08. The van der Waals surface area contributed by atoms with Gasteiger partial charge in [0.25, 0.3) is 0 Å². The van der Waals surface area contributed by atoms with Gasteiger partial charge in [0.2, 0.25) is 0 Å². The second-order valence-corrected chi connectivity index (χ2v) is 5.78. The first-order valence-corrected chi connectivity index (χ1v) is 7.14. The largest absolute Gasteiger partial charge is 0.457 e. The van der Waals surface area contributed by atoms with Gasteiger partial charge in [-0.2, -0.15) is 5.10 Å². The molecule has 2 aromatic carbocycles. The molecule has 1 aromatic heterocycles. The molecule has 0 fully saturated rings. The maximum atomic E-state index is 6.18. The number of halogens is 2. The molecule has 0 amide bonds. The molecule has 0 unspecified atom stereocenters. The van der Waals surface area contributed by atoms with Crippen molar-refractivity contribution in [2.45, 2.75) is 0 Å². The summed E-state index contributed by atoms with van der Waals surface area (Å²) in [5.74, 6) is 1.56. The van der Waals surface area contributed by atoms with Crippen LogP contribution in [0.25, 0.3) is 10.9 Å². The number of hydrogen-bond acceptors (Lipinski definition) is 2. The van der Waals surface area contributed by atoms with Crippen LogP contribution in [0.3, 0.4) is 0 Å². The molecular weight excluding hydrogens is 375 g/mol. The van der Waals surface area contributed by atoms with Crippen LogP contribution in [0.15, 0.2) is 42.6 Å². The van der Waals surface area contributed by atoms with Crippen LogP contribution in [0.4, 0.5) is 0 Å². The van der Waals surface area contributed by atoms with Crippen molar-refractivity contribution in [1.29, 1.82) is 0 Å². The lowest BCUT2D eigenvalue weighted by molar-refractivity contribution is 0.488. The molecule has 3 nitrogen and oxygen atoms in total. The van der Waals surface area contributed by atoms with E-state index >= 15 is 0 Å². The van der Waals surface area contributed by atoms with Crippen molar-refractivity contribution in [2.75, 3.05) is 0 Å². The van der Waals surface area contributed by atoms with Gasteiger partial charge in [0.1, 0.15) is 11.5 Å². The van der Waals surface area contributed by atoms with Crippen LogP contribution in [0.5, 0.6) is 11.5 Å². The molecule has 3 aromatic rings. The first kappa shape index (κ1) is 12.7. The third-order valence-electron chi connectivity index (χ3n) is 2.85. The normalized spacial score (nSPS) is 10.9. The van der Waals surface area contributed by atoms with Crippen molar-refractivity contribution in [1.82, 2.24) is 9.78 Å². The fourth-order valence-corrected chi connectivity index (χ4v) is 2.58. The van der Waals surface area contributed by atoms with Crippen molar-refractivity contribution >= 4 is 45.1 Å². The summed E-state index contributed by atoms with van der Waals surface area (Å²) >= 11 is 8.45. The van der Waals surface area contributed by atoms with Crippen LogP contribution in [0.1, 0.15) is 0 Å². The van der Waals surface area contributed by atoms with Crippen molar-refractivity contribution in [3.05, 3.63) is 51.2 Å². The molecule has 0 aliphatic heterocycles. The molecule has 96 valence electrons. The van der Waals surface area contributed by atoms with Crippen LogP contribution >= 0.6 is 34.2 Å². The molecule has 0 spiro atoms. The minimum absolute atomic E-state index is 0.671. The van der Waals surface area contributed by atoms with Gasteiger partial charge in [-0.15, -0.1) is 0 Å². The molecule has 0 atom stereocenters. The number of aromatic nitrogens is 2. The van der Waals surface area contributed by atoms with Crippen LogP contribution in [-0.4, -0.2) is 9.78 Å². The van der Waals surface area contributed by atoms with Gasteiger partial charge in [-0.05, 0) is 59.0 Å². The Balaban J connectivity index is 2.06. The quantitative estimate of drug-likeness (QED) is 0.603. The molecule has 0 saturated heterocycles. The monoisotopic (exact) mass is 384 g/mol. The molecule has 5 heteroatoms. The predicted molar refractivity (Wildman–Crippen MR) is 85.0 cm³/mol. The van der Waals surface area contributed by atoms with Gasteiger partial charge in [0, 0.05) is 10.6 Å². The summed E-state index contributed by atoms with van der Waals surface area (Å²) in [5, 5.41) is 5.81. The summed E-state index contributed by atoms with van der Waals surface area (Å²) in [6.07, 6.45) is 1.77. The van der Waals surface area contributed by atoms with Gasteiger partial charge in [0.05, 0.1) is 22.1 Å². The zero-order valence-electron chi connectivity index (χ0n) is 10.1. The average Bonchev–Trinajstić information content (AvgIpc) is 2.79. The Kier molecular flexibility index (Phi) is 3.36. The van der Waals surface area contributed by atoms with Crippen LogP contribution < -0.4 is 4.74 Å². The summed E-state index contributed by atoms with van der Waals surface area (Å²) in [7, 11) is 1.86. The van der Waals surface area contributed by atoms with Gasteiger partial charge < -0.3 is 4.74 Å². The molecule has 0 aliphatic carbocycles. The second-order valence-electron chi connectivity index (χ2n) is 4.13. The molecule has 19 heavy (non-hydrogen) atoms. The van der Waals surface area contributed by atoms with E-state index < -0.39 is 0 Å². The highest BCUT2D eigenvalue weighted by Crippen LogP contribution is 2.33. The lowest BCUT2D eigenvalue weighted by Crippen LogP contribution is -1.90. The van der Waals surface area contributed by atoms with E-state index in [0.717, 1.165) is 22.4 Å². The van der Waals surface area contributed by atoms with Crippen molar-refractivity contribution in [3.8, 4) is 11.5 Å². The Morgan fingerprint density at radius 2 is 1.89 bits per heavy atom. The molecule has 0 N–H and O–H groups in total. The second kappa shape index (κ2) is 5.02. The van der Waals surface area contributed by atoms with Gasteiger partial charge in [-0.3, -0.25) is 4.68 Å². The lowest BCUT2D eigenvalue weighted by atomic mass is 10.2. The Labute approximate surface area is 129 Å². The van der Waals surface area contributed by atoms with E-state index in [1.54, 1.807) is 10.9 Å². The van der Waals surface area contributed by atoms with E-state index in [1.807, 2.05) is 43.4 Å². The predicted octanol–water partition coefficient (Wildman–Crippen LogP) is 4.62. The van der Waals surface area contributed by atoms with E-state index in [9.17, 15) is 0 Å². The Hall–Kier alpha value is -1.27. The standard InChI is InChI=1S/C14H10ClIN2O/c1-18-14-11(8-17-18)13(7-6-12(14)15)19-10-4-2-9(16)3-5-10/h2-8H,1H3. The maximum absolute atomic E-state index is 6.18. The number of benzene rings is 2. The minimum atomic E-state index is 0.671. The highest BCUT2D eigenvalue weighted by molar-refractivity contribution is 14.1. The van der Waals surface area contributed by atoms with Crippen molar-refractivity contribution in [3.63, 3.8) is 0 Å². The Morgan fingerprint density at radius 1 is 1.16 bits per heavy atom. The molecule has 0 bridgehead atoms. The first-order chi connectivity index (χ1) is 9.15. The van der Waals surface area contributed by atoms with Crippen molar-refractivity contribution in [2.24, 2.45) is 7.05 Å². The number of ether oxygens (including phenoxy) is 1. The van der Waals surface area contributed by atoms with Gasteiger partial charge in [-0.1, -0.05) is 11.6 Å². The number of nitrogens with zero attached hydrogens (tertiary/aromatic N) is 2. The van der Waals surface area contributed by atoms with Crippen molar-refractivity contribution < 1.29 is 4.74 Å². The maximum Gasteiger partial charge on any atom is 0.138 e. The van der Waals surface area contributed by atoms with Crippen LogP contribution in [-0.2, 0) is 7.05 Å². The zero-order chi connectivity index (χ0) is 13.4. The van der Waals surface area contributed by atoms with E-state index in [0.29, 0.717) is 5.02 Å². The van der Waals surface area contributed by atoms with E-state index in [4.69, 9.17) is 16.3 Å². The highest BCUT2D eigenvalue weighted by Gasteiger charge is 2.10. The van der Waals surface area contributed by atoms with E-state index in [-0.39, 0.29) is 0 Å². The Bertz CT molecular complexity index is 737. The smallest absolute Gasteiger partial charge is 0.138 e. The minimum Gasteiger partial charge on any atom is -0.457 e. The summed E-state index contributed by atoms with van der Waals surface area (Å²) in [5.41, 5.74) is 0.879. The zero-order valence-corrected chi connectivity index (χ0v) is 13.0. The Morgan fingerprint density at radius 3 is 2.63 bits per heavy atom. The first-order valence-electron chi connectivity index (χ1n) is 5.69. The topological polar surface area (TPSA) is 27.1 Å². The van der Waals surface area contributed by atoms with Gasteiger partial charge in [-0.25, -0.2) is 0 Å². The molecule has 0 saturated carbocycles. The molecule has 0 radical (unpaired) electrons. The highest BCUT2D eigenvalue weighted by atomic mass is 127. The van der Waals surface area contributed by atoms with Gasteiger partial charge >= 0.3 is 0 Å². The molecule has 1 heterocycles. The number of hydrogen-bond donors (Lipinski definition) is 0. The summed E-state index contributed by atoms with van der Waals surface area (Å²) in [4.78, 5) is 0. The number of aryl methyl sites for hydroxylation is 1. The average molecular weight is 385 g/mol. The third kappa shape index (κ3) is 2.42. The van der Waals surface area contributed by atoms with E-state index in [1.165, 1.54) is 3.57 Å². The van der Waals surface area contributed by atoms with E-state index in [2.05, 4.69) is 27.7 Å². The summed E-state index contributed by atoms with van der Waals surface area (Å²) in [6, 6.07) is 11.6. The number of fused-ring (bicyclic) bond motifs is 1. The number of rotatable bonds is 2. The molecule has 3 rings (SSSR count). The molecule has 0 aliphatic rings. The third-order valence-corrected chi connectivity index (χ3v) is 3.88. The fourth-order valence-electron chi connectivity index (χ4n) is 1.94. The molecular formula is C14H10ClIN2O.